The molecule has 184 valence electrons. The normalized spacial score (nSPS) is 31.6. The fourth-order valence-electron chi connectivity index (χ4n) is 6.93. The first kappa shape index (κ1) is 24.9. The van der Waals surface area contributed by atoms with Crippen molar-refractivity contribution in [1.29, 1.82) is 5.26 Å². The first-order valence-corrected chi connectivity index (χ1v) is 13.2. The van der Waals surface area contributed by atoms with Crippen LogP contribution in [0.25, 0.3) is 0 Å². The van der Waals surface area contributed by atoms with Gasteiger partial charge in [-0.1, -0.05) is 18.6 Å². The van der Waals surface area contributed by atoms with E-state index in [9.17, 15) is 13.6 Å². The van der Waals surface area contributed by atoms with Gasteiger partial charge in [-0.2, -0.15) is 9.65 Å². The van der Waals surface area contributed by atoms with Crippen LogP contribution < -0.4 is 4.74 Å². The number of benzene rings is 1. The van der Waals surface area contributed by atoms with Gasteiger partial charge in [0.05, 0.1) is 11.5 Å². The Morgan fingerprint density at radius 3 is 2.32 bits per heavy atom. The van der Waals surface area contributed by atoms with E-state index in [4.69, 9.17) is 10.00 Å². The van der Waals surface area contributed by atoms with E-state index in [0.29, 0.717) is 5.92 Å². The molecule has 0 saturated heterocycles. The van der Waals surface area contributed by atoms with Crippen LogP contribution >= 0.6 is 0 Å². The van der Waals surface area contributed by atoms with Gasteiger partial charge < -0.3 is 4.74 Å². The highest BCUT2D eigenvalue weighted by atomic mass is 19.2. The molecule has 0 N–H and O–H groups in total. The second-order valence-electron chi connectivity index (χ2n) is 10.8. The summed E-state index contributed by atoms with van der Waals surface area (Å²) in [5.41, 5.74) is -0.394. The fraction of sp³-hybridized carbons (Fsp3) is 0.655. The predicted octanol–water partition coefficient (Wildman–Crippen LogP) is 7.74. The van der Waals surface area contributed by atoms with Crippen molar-refractivity contribution >= 4 is 5.97 Å². The van der Waals surface area contributed by atoms with Gasteiger partial charge in [-0.15, -0.1) is 0 Å². The van der Waals surface area contributed by atoms with Crippen molar-refractivity contribution in [2.45, 2.75) is 84.0 Å². The predicted molar refractivity (Wildman–Crippen MR) is 128 cm³/mol. The van der Waals surface area contributed by atoms with Crippen molar-refractivity contribution in [1.82, 2.24) is 0 Å². The molecule has 3 fully saturated rings. The molecule has 4 unspecified atom stereocenters. The van der Waals surface area contributed by atoms with Crippen LogP contribution in [0.1, 0.15) is 89.5 Å². The summed E-state index contributed by atoms with van der Waals surface area (Å²) in [6.07, 6.45) is 18.8. The monoisotopic (exact) mass is 469 g/mol. The highest BCUT2D eigenvalue weighted by Crippen LogP contribution is 2.49. The van der Waals surface area contributed by atoms with Crippen LogP contribution in [0, 0.1) is 58.5 Å². The summed E-state index contributed by atoms with van der Waals surface area (Å²) in [6, 6.07) is 3.89. The first-order chi connectivity index (χ1) is 16.5. The lowest BCUT2D eigenvalue weighted by Crippen LogP contribution is -2.35. The van der Waals surface area contributed by atoms with Crippen molar-refractivity contribution in [3.05, 3.63) is 41.5 Å². The number of nitriles is 1. The summed E-state index contributed by atoms with van der Waals surface area (Å²) in [5, 5.41) is 8.80. The highest BCUT2D eigenvalue weighted by molar-refractivity contribution is 5.75. The standard InChI is InChI=1S/C29H37F2NO2/c1-2-3-4-5-19-6-7-24-17-23(13-12-22(24)16-19)20-8-10-21(11-9-20)29(33)34-26-15-14-25(18-32)27(30)28(26)31/h2-3,14-15,19-24H,4-13,16-17H2,1H3/b3-2+. The molecule has 1 aromatic rings. The summed E-state index contributed by atoms with van der Waals surface area (Å²) in [4.78, 5) is 12.6. The Bertz CT molecular complexity index is 929. The SMILES string of the molecule is C/C=C/CCC1CCC2CC(C3CCC(C(=O)Oc4ccc(C#N)c(F)c4F)CC3)CCC2C1. The minimum absolute atomic E-state index is 0.265. The fourth-order valence-corrected chi connectivity index (χ4v) is 6.93. The molecule has 3 saturated carbocycles. The molecule has 3 nitrogen and oxygen atoms in total. The Labute approximate surface area is 202 Å². The van der Waals surface area contributed by atoms with Crippen LogP contribution in [0.15, 0.2) is 24.3 Å². The van der Waals surface area contributed by atoms with E-state index in [1.165, 1.54) is 51.4 Å². The molecule has 0 radical (unpaired) electrons. The summed E-state index contributed by atoms with van der Waals surface area (Å²) < 4.78 is 33.1. The molecule has 0 bridgehead atoms. The Balaban J connectivity index is 1.24. The molecule has 4 atom stereocenters. The third-order valence-corrected chi connectivity index (χ3v) is 8.89. The van der Waals surface area contributed by atoms with E-state index in [0.717, 1.165) is 61.5 Å². The Morgan fingerprint density at radius 2 is 1.62 bits per heavy atom. The topological polar surface area (TPSA) is 50.1 Å². The number of esters is 1. The number of ether oxygens (including phenoxy) is 1. The van der Waals surface area contributed by atoms with Crippen LogP contribution in [0.4, 0.5) is 8.78 Å². The number of hydrogen-bond donors (Lipinski definition) is 0. The third kappa shape index (κ3) is 5.70. The third-order valence-electron chi connectivity index (χ3n) is 8.89. The molecule has 0 amide bonds. The number of carbonyl (C=O) groups excluding carboxylic acids is 1. The zero-order chi connectivity index (χ0) is 24.1. The molecular formula is C29H37F2NO2. The average Bonchev–Trinajstić information content (AvgIpc) is 2.87. The zero-order valence-electron chi connectivity index (χ0n) is 20.3. The molecule has 1 aromatic carbocycles. The second kappa shape index (κ2) is 11.5. The van der Waals surface area contributed by atoms with Gasteiger partial charge in [0.15, 0.2) is 11.6 Å². The number of carbonyl (C=O) groups is 1. The van der Waals surface area contributed by atoms with Crippen molar-refractivity contribution in [2.75, 3.05) is 0 Å². The lowest BCUT2D eigenvalue weighted by molar-refractivity contribution is -0.140. The molecule has 0 spiro atoms. The first-order valence-electron chi connectivity index (χ1n) is 13.2. The molecule has 3 aliphatic rings. The quantitative estimate of drug-likeness (QED) is 0.243. The van der Waals surface area contributed by atoms with Gasteiger partial charge in [-0.3, -0.25) is 4.79 Å². The van der Waals surface area contributed by atoms with E-state index in [-0.39, 0.29) is 5.92 Å². The molecule has 5 heteroatoms. The summed E-state index contributed by atoms with van der Waals surface area (Å²) >= 11 is 0. The summed E-state index contributed by atoms with van der Waals surface area (Å²) in [5.74, 6) is 0.425. The van der Waals surface area contributed by atoms with Gasteiger partial charge in [-0.25, -0.2) is 4.39 Å². The van der Waals surface area contributed by atoms with Crippen LogP contribution in [0.2, 0.25) is 0 Å². The number of allylic oxidation sites excluding steroid dienone is 2. The van der Waals surface area contributed by atoms with Crippen LogP contribution in [0.5, 0.6) is 5.75 Å². The highest BCUT2D eigenvalue weighted by Gasteiger charge is 2.39. The Kier molecular flexibility index (Phi) is 8.40. The van der Waals surface area contributed by atoms with Crippen molar-refractivity contribution in [2.24, 2.45) is 35.5 Å². The van der Waals surface area contributed by atoms with Crippen molar-refractivity contribution in [3.8, 4) is 11.8 Å². The lowest BCUT2D eigenvalue weighted by atomic mass is 9.60. The molecule has 3 aliphatic carbocycles. The van der Waals surface area contributed by atoms with Crippen LogP contribution in [-0.4, -0.2) is 5.97 Å². The summed E-state index contributed by atoms with van der Waals surface area (Å²) in [7, 11) is 0. The minimum Gasteiger partial charge on any atom is -0.423 e. The van der Waals surface area contributed by atoms with E-state index < -0.39 is 28.9 Å². The van der Waals surface area contributed by atoms with Gasteiger partial charge in [0.25, 0.3) is 0 Å². The van der Waals surface area contributed by atoms with Gasteiger partial charge in [0.2, 0.25) is 5.82 Å². The number of nitrogens with zero attached hydrogens (tertiary/aromatic N) is 1. The van der Waals surface area contributed by atoms with Gasteiger partial charge >= 0.3 is 5.97 Å². The number of halogens is 2. The summed E-state index contributed by atoms with van der Waals surface area (Å²) in [6.45, 7) is 2.10. The Hall–Kier alpha value is -2.22. The number of rotatable bonds is 6. The number of fused-ring (bicyclic) bond motifs is 1. The maximum Gasteiger partial charge on any atom is 0.314 e. The van der Waals surface area contributed by atoms with E-state index >= 15 is 0 Å². The molecule has 34 heavy (non-hydrogen) atoms. The van der Waals surface area contributed by atoms with Crippen molar-refractivity contribution < 1.29 is 18.3 Å². The molecule has 4 rings (SSSR count). The second-order valence-corrected chi connectivity index (χ2v) is 10.8. The maximum absolute atomic E-state index is 14.1. The molecular weight excluding hydrogens is 432 g/mol. The van der Waals surface area contributed by atoms with Gasteiger partial charge in [0, 0.05) is 0 Å². The van der Waals surface area contributed by atoms with Gasteiger partial charge in [-0.05, 0) is 119 Å². The zero-order valence-corrected chi connectivity index (χ0v) is 20.3. The van der Waals surface area contributed by atoms with E-state index in [1.807, 2.05) is 0 Å². The molecule has 0 heterocycles. The van der Waals surface area contributed by atoms with Gasteiger partial charge in [0.1, 0.15) is 6.07 Å². The smallest absolute Gasteiger partial charge is 0.314 e. The largest absolute Gasteiger partial charge is 0.423 e. The van der Waals surface area contributed by atoms with Crippen LogP contribution in [0.3, 0.4) is 0 Å². The van der Waals surface area contributed by atoms with Crippen molar-refractivity contribution in [3.63, 3.8) is 0 Å². The average molecular weight is 470 g/mol. The van der Waals surface area contributed by atoms with E-state index in [1.54, 1.807) is 6.07 Å². The number of hydrogen-bond acceptors (Lipinski definition) is 3. The maximum atomic E-state index is 14.1. The minimum atomic E-state index is -1.27. The van der Waals surface area contributed by atoms with E-state index in [2.05, 4.69) is 19.1 Å². The Morgan fingerprint density at radius 1 is 0.971 bits per heavy atom. The lowest BCUT2D eigenvalue weighted by Gasteiger charge is -2.45. The molecule has 0 aromatic heterocycles. The molecule has 0 aliphatic heterocycles. The van der Waals surface area contributed by atoms with Crippen LogP contribution in [-0.2, 0) is 4.79 Å².